The van der Waals surface area contributed by atoms with Crippen LogP contribution in [0.15, 0.2) is 24.3 Å². The first kappa shape index (κ1) is 13.6. The maximum absolute atomic E-state index is 11.5. The zero-order valence-electron chi connectivity index (χ0n) is 10.6. The number of carbonyl (C=O) groups is 1. The Labute approximate surface area is 103 Å². The van der Waals surface area contributed by atoms with Gasteiger partial charge >= 0.3 is 5.97 Å². The van der Waals surface area contributed by atoms with E-state index in [4.69, 9.17) is 10.5 Å². The van der Waals surface area contributed by atoms with Crippen LogP contribution in [0.1, 0.15) is 44.6 Å². The van der Waals surface area contributed by atoms with Crippen LogP contribution < -0.4 is 5.73 Å². The van der Waals surface area contributed by atoms with Crippen molar-refractivity contribution in [2.75, 3.05) is 12.3 Å². The number of esters is 1. The molecule has 0 fully saturated rings. The second-order valence-corrected chi connectivity index (χ2v) is 4.31. The molecule has 3 heteroatoms. The van der Waals surface area contributed by atoms with Gasteiger partial charge in [0.25, 0.3) is 0 Å². The maximum Gasteiger partial charge on any atom is 0.306 e. The van der Waals surface area contributed by atoms with E-state index >= 15 is 0 Å². The Morgan fingerprint density at radius 1 is 1.41 bits per heavy atom. The number of hydrogen-bond donors (Lipinski definition) is 1. The topological polar surface area (TPSA) is 52.3 Å². The van der Waals surface area contributed by atoms with Crippen molar-refractivity contribution in [1.82, 2.24) is 0 Å². The van der Waals surface area contributed by atoms with E-state index in [0.29, 0.717) is 13.0 Å². The Balaban J connectivity index is 2.46. The van der Waals surface area contributed by atoms with E-state index in [0.717, 1.165) is 24.1 Å². The Morgan fingerprint density at radius 3 is 2.76 bits per heavy atom. The number of anilines is 1. The Kier molecular flexibility index (Phi) is 5.53. The van der Waals surface area contributed by atoms with E-state index in [1.165, 1.54) is 0 Å². The lowest BCUT2D eigenvalue weighted by molar-refractivity contribution is -0.144. The molecule has 0 heterocycles. The lowest BCUT2D eigenvalue weighted by Gasteiger charge is -2.13. The number of carbonyl (C=O) groups excluding carboxylic acids is 1. The molecule has 0 radical (unpaired) electrons. The number of rotatable bonds is 6. The summed E-state index contributed by atoms with van der Waals surface area (Å²) in [7, 11) is 0. The van der Waals surface area contributed by atoms with E-state index in [2.05, 4.69) is 6.92 Å². The molecular weight excluding hydrogens is 214 g/mol. The summed E-state index contributed by atoms with van der Waals surface area (Å²) >= 11 is 0. The molecule has 1 atom stereocenters. The predicted octanol–water partition coefficient (Wildman–Crippen LogP) is 3.11. The molecule has 0 amide bonds. The Morgan fingerprint density at radius 2 is 2.12 bits per heavy atom. The molecule has 0 spiro atoms. The van der Waals surface area contributed by atoms with Crippen LogP contribution in [0.3, 0.4) is 0 Å². The highest BCUT2D eigenvalue weighted by Crippen LogP contribution is 2.24. The highest BCUT2D eigenvalue weighted by Gasteiger charge is 2.14. The molecule has 0 bridgehead atoms. The predicted molar refractivity (Wildman–Crippen MR) is 69.8 cm³/mol. The van der Waals surface area contributed by atoms with Gasteiger partial charge in [0.05, 0.1) is 13.0 Å². The van der Waals surface area contributed by atoms with E-state index in [-0.39, 0.29) is 11.9 Å². The molecule has 0 aromatic heterocycles. The first-order valence-corrected chi connectivity index (χ1v) is 6.15. The molecule has 94 valence electrons. The lowest BCUT2D eigenvalue weighted by atomic mass is 9.96. The van der Waals surface area contributed by atoms with Crippen molar-refractivity contribution < 1.29 is 9.53 Å². The van der Waals surface area contributed by atoms with Gasteiger partial charge in [-0.2, -0.15) is 0 Å². The standard InChI is InChI=1S/C14H21NO2/c1-3-4-9-17-14(16)10-11(2)12-7-5-6-8-13(12)15/h5-8,11H,3-4,9-10,15H2,1-2H3. The van der Waals surface area contributed by atoms with Gasteiger partial charge in [-0.3, -0.25) is 4.79 Å². The van der Waals surface area contributed by atoms with Crippen LogP contribution in [-0.2, 0) is 9.53 Å². The van der Waals surface area contributed by atoms with Gasteiger partial charge in [0.2, 0.25) is 0 Å². The van der Waals surface area contributed by atoms with Crippen molar-refractivity contribution in [3.8, 4) is 0 Å². The molecule has 0 aliphatic heterocycles. The Hall–Kier alpha value is -1.51. The van der Waals surface area contributed by atoms with Crippen molar-refractivity contribution in [3.63, 3.8) is 0 Å². The monoisotopic (exact) mass is 235 g/mol. The molecule has 2 N–H and O–H groups in total. The third-order valence-electron chi connectivity index (χ3n) is 2.76. The summed E-state index contributed by atoms with van der Waals surface area (Å²) in [6.07, 6.45) is 2.35. The molecule has 0 aliphatic rings. The molecular formula is C14H21NO2. The van der Waals surface area contributed by atoms with Gasteiger partial charge in [0.1, 0.15) is 0 Å². The minimum atomic E-state index is -0.144. The second-order valence-electron chi connectivity index (χ2n) is 4.31. The van der Waals surface area contributed by atoms with Crippen LogP contribution in [-0.4, -0.2) is 12.6 Å². The molecule has 0 saturated carbocycles. The first-order valence-electron chi connectivity index (χ1n) is 6.15. The summed E-state index contributed by atoms with van der Waals surface area (Å²) in [6, 6.07) is 7.64. The summed E-state index contributed by atoms with van der Waals surface area (Å²) in [5.74, 6) is -0.0421. The van der Waals surface area contributed by atoms with E-state index in [1.54, 1.807) is 0 Å². The van der Waals surface area contributed by atoms with Crippen molar-refractivity contribution >= 4 is 11.7 Å². The van der Waals surface area contributed by atoms with Gasteiger partial charge in [-0.25, -0.2) is 0 Å². The number of nitrogen functional groups attached to an aromatic ring is 1. The smallest absolute Gasteiger partial charge is 0.306 e. The van der Waals surface area contributed by atoms with E-state index < -0.39 is 0 Å². The van der Waals surface area contributed by atoms with E-state index in [1.807, 2.05) is 31.2 Å². The average molecular weight is 235 g/mol. The van der Waals surface area contributed by atoms with Crippen molar-refractivity contribution in [2.45, 2.75) is 39.0 Å². The fourth-order valence-electron chi connectivity index (χ4n) is 1.71. The van der Waals surface area contributed by atoms with Crippen molar-refractivity contribution in [3.05, 3.63) is 29.8 Å². The largest absolute Gasteiger partial charge is 0.466 e. The summed E-state index contributed by atoms with van der Waals surface area (Å²) in [5.41, 5.74) is 7.62. The third-order valence-corrected chi connectivity index (χ3v) is 2.76. The summed E-state index contributed by atoms with van der Waals surface area (Å²) in [4.78, 5) is 11.5. The lowest BCUT2D eigenvalue weighted by Crippen LogP contribution is -2.10. The summed E-state index contributed by atoms with van der Waals surface area (Å²) in [6.45, 7) is 4.58. The first-order chi connectivity index (χ1) is 8.15. The highest BCUT2D eigenvalue weighted by molar-refractivity contribution is 5.71. The van der Waals surface area contributed by atoms with Crippen LogP contribution >= 0.6 is 0 Å². The quantitative estimate of drug-likeness (QED) is 0.468. The van der Waals surface area contributed by atoms with Crippen LogP contribution in [0.25, 0.3) is 0 Å². The fourth-order valence-corrected chi connectivity index (χ4v) is 1.71. The van der Waals surface area contributed by atoms with Gasteiger partial charge in [-0.05, 0) is 24.0 Å². The highest BCUT2D eigenvalue weighted by atomic mass is 16.5. The zero-order chi connectivity index (χ0) is 12.7. The zero-order valence-corrected chi connectivity index (χ0v) is 10.6. The summed E-state index contributed by atoms with van der Waals surface area (Å²) < 4.78 is 5.13. The minimum absolute atomic E-state index is 0.102. The van der Waals surface area contributed by atoms with Gasteiger partial charge in [-0.1, -0.05) is 38.5 Å². The number of hydrogen-bond acceptors (Lipinski definition) is 3. The molecule has 3 nitrogen and oxygen atoms in total. The maximum atomic E-state index is 11.5. The molecule has 1 unspecified atom stereocenters. The number of ether oxygens (including phenoxy) is 1. The molecule has 17 heavy (non-hydrogen) atoms. The number of benzene rings is 1. The second kappa shape index (κ2) is 6.94. The molecule has 1 rings (SSSR count). The Bertz CT molecular complexity index is 363. The van der Waals surface area contributed by atoms with Crippen molar-refractivity contribution in [1.29, 1.82) is 0 Å². The third kappa shape index (κ3) is 4.47. The molecule has 0 saturated heterocycles. The minimum Gasteiger partial charge on any atom is -0.466 e. The molecule has 0 aliphatic carbocycles. The van der Waals surface area contributed by atoms with Crippen LogP contribution in [0, 0.1) is 0 Å². The van der Waals surface area contributed by atoms with Crippen LogP contribution in [0.2, 0.25) is 0 Å². The number of para-hydroxylation sites is 1. The van der Waals surface area contributed by atoms with Gasteiger partial charge in [-0.15, -0.1) is 0 Å². The van der Waals surface area contributed by atoms with Gasteiger partial charge in [0, 0.05) is 5.69 Å². The normalized spacial score (nSPS) is 12.1. The van der Waals surface area contributed by atoms with Gasteiger partial charge < -0.3 is 10.5 Å². The fraction of sp³-hybridized carbons (Fsp3) is 0.500. The van der Waals surface area contributed by atoms with Crippen LogP contribution in [0.4, 0.5) is 5.69 Å². The van der Waals surface area contributed by atoms with E-state index in [9.17, 15) is 4.79 Å². The average Bonchev–Trinajstić information content (AvgIpc) is 2.29. The molecule has 1 aromatic rings. The van der Waals surface area contributed by atoms with Gasteiger partial charge in [0.15, 0.2) is 0 Å². The van der Waals surface area contributed by atoms with Crippen LogP contribution in [0.5, 0.6) is 0 Å². The number of nitrogens with two attached hydrogens (primary N) is 1. The molecule has 1 aromatic carbocycles. The summed E-state index contributed by atoms with van der Waals surface area (Å²) in [5, 5.41) is 0. The SMILES string of the molecule is CCCCOC(=O)CC(C)c1ccccc1N. The van der Waals surface area contributed by atoms with Crippen molar-refractivity contribution in [2.24, 2.45) is 0 Å². The number of unbranched alkanes of at least 4 members (excludes halogenated alkanes) is 1.